The van der Waals surface area contributed by atoms with E-state index in [0.29, 0.717) is 0 Å². The Balaban J connectivity index is 4.85. The minimum atomic E-state index is -0.554. The molecule has 0 aliphatic heterocycles. The van der Waals surface area contributed by atoms with Gasteiger partial charge < -0.3 is 10.6 Å². The molecule has 0 aliphatic carbocycles. The van der Waals surface area contributed by atoms with Crippen molar-refractivity contribution in [1.82, 2.24) is 15.5 Å². The van der Waals surface area contributed by atoms with Crippen LogP contribution in [0.25, 0.3) is 0 Å². The molecule has 4 heteroatoms. The van der Waals surface area contributed by atoms with Gasteiger partial charge in [0.1, 0.15) is 0 Å². The van der Waals surface area contributed by atoms with Crippen LogP contribution in [0.5, 0.6) is 0 Å². The largest absolute Gasteiger partial charge is 0.325 e. The van der Waals surface area contributed by atoms with Crippen LogP contribution >= 0.6 is 0 Å². The first-order chi connectivity index (χ1) is 9.43. The van der Waals surface area contributed by atoms with E-state index >= 15 is 0 Å². The lowest BCUT2D eigenvalue weighted by atomic mass is 10.0. The molecule has 0 aromatic heterocycles. The zero-order chi connectivity index (χ0) is 15.6. The molecule has 2 N–H and O–H groups in total. The minimum Gasteiger partial charge on any atom is -0.325 e. The van der Waals surface area contributed by atoms with Crippen molar-refractivity contribution in [2.75, 3.05) is 26.7 Å². The molecule has 20 heavy (non-hydrogen) atoms. The number of carbonyl (C=O) groups excluding carboxylic acids is 1. The van der Waals surface area contributed by atoms with E-state index in [1.54, 1.807) is 12.2 Å². The molecule has 0 aliphatic rings. The molecule has 0 aromatic carbocycles. The quantitative estimate of drug-likeness (QED) is 0.635. The molecular weight excluding hydrogens is 250 g/mol. The lowest BCUT2D eigenvalue weighted by Crippen LogP contribution is -2.55. The molecule has 114 valence electrons. The molecule has 0 radical (unpaired) electrons. The Labute approximate surface area is 123 Å². The first kappa shape index (κ1) is 18.6. The Morgan fingerprint density at radius 2 is 2.05 bits per heavy atom. The summed E-state index contributed by atoms with van der Waals surface area (Å²) in [5.41, 5.74) is 0.231. The van der Waals surface area contributed by atoms with Gasteiger partial charge in [-0.25, -0.2) is 0 Å². The van der Waals surface area contributed by atoms with E-state index in [1.165, 1.54) is 0 Å². The molecule has 0 fully saturated rings. The lowest BCUT2D eigenvalue weighted by Gasteiger charge is -2.36. The summed E-state index contributed by atoms with van der Waals surface area (Å²) in [7, 11) is 1.92. The van der Waals surface area contributed by atoms with Gasteiger partial charge in [0.15, 0.2) is 0 Å². The number of nitrogens with zero attached hydrogens (tertiary/aromatic N) is 1. The third kappa shape index (κ3) is 5.72. The molecule has 0 saturated carbocycles. The van der Waals surface area contributed by atoms with Crippen molar-refractivity contribution in [3.8, 4) is 0 Å². The summed E-state index contributed by atoms with van der Waals surface area (Å²) in [5.74, 6) is -0.00253. The Kier molecular flexibility index (Phi) is 8.84. The van der Waals surface area contributed by atoms with Gasteiger partial charge in [-0.3, -0.25) is 9.69 Å². The molecule has 0 atom stereocenters. The average molecular weight is 279 g/mol. The van der Waals surface area contributed by atoms with Gasteiger partial charge in [0.25, 0.3) is 0 Å². The molecule has 1 amide bonds. The fraction of sp³-hybridized carbons (Fsp3) is 0.562. The number of rotatable bonds is 9. The predicted molar refractivity (Wildman–Crippen MR) is 86.5 cm³/mol. The Morgan fingerprint density at radius 1 is 1.40 bits per heavy atom. The number of carbonyl (C=O) groups is 1. The summed E-state index contributed by atoms with van der Waals surface area (Å²) in [6, 6.07) is 0. The summed E-state index contributed by atoms with van der Waals surface area (Å²) >= 11 is 0. The van der Waals surface area contributed by atoms with E-state index in [2.05, 4.69) is 29.0 Å². The average Bonchev–Trinajstić information content (AvgIpc) is 2.43. The number of hydrogen-bond acceptors (Lipinski definition) is 3. The van der Waals surface area contributed by atoms with E-state index in [4.69, 9.17) is 0 Å². The molecule has 0 heterocycles. The molecule has 0 saturated heterocycles. The fourth-order valence-electron chi connectivity index (χ4n) is 1.89. The number of likely N-dealkylation sites (N-methyl/N-ethyl adjacent to an activating group) is 2. The molecule has 0 bridgehead atoms. The summed E-state index contributed by atoms with van der Waals surface area (Å²) in [4.78, 5) is 14.6. The third-order valence-electron chi connectivity index (χ3n) is 3.34. The van der Waals surface area contributed by atoms with E-state index < -0.39 is 5.54 Å². The van der Waals surface area contributed by atoms with E-state index in [-0.39, 0.29) is 5.91 Å². The molecule has 0 rings (SSSR count). The maximum Gasteiger partial charge on any atom is 0.244 e. The SMILES string of the molecule is C=C/C=C\C(=C/C)NC(=O)C(C)(C)N(CC)CCNC. The van der Waals surface area contributed by atoms with Crippen molar-refractivity contribution in [3.05, 3.63) is 36.6 Å². The van der Waals surface area contributed by atoms with Gasteiger partial charge in [0.05, 0.1) is 5.54 Å². The second-order valence-corrected chi connectivity index (χ2v) is 5.04. The highest BCUT2D eigenvalue weighted by Gasteiger charge is 2.33. The summed E-state index contributed by atoms with van der Waals surface area (Å²) < 4.78 is 0. The Morgan fingerprint density at radius 3 is 2.50 bits per heavy atom. The first-order valence-electron chi connectivity index (χ1n) is 7.10. The predicted octanol–water partition coefficient (Wildman–Crippen LogP) is 2.07. The van der Waals surface area contributed by atoms with E-state index in [9.17, 15) is 4.79 Å². The van der Waals surface area contributed by atoms with Gasteiger partial charge >= 0.3 is 0 Å². The smallest absolute Gasteiger partial charge is 0.244 e. The van der Waals surface area contributed by atoms with Crippen LogP contribution in [0.3, 0.4) is 0 Å². The topological polar surface area (TPSA) is 44.4 Å². The molecule has 4 nitrogen and oxygen atoms in total. The van der Waals surface area contributed by atoms with Gasteiger partial charge in [-0.2, -0.15) is 0 Å². The zero-order valence-electron chi connectivity index (χ0n) is 13.5. The van der Waals surface area contributed by atoms with Gasteiger partial charge in [-0.1, -0.05) is 31.7 Å². The molecule has 0 unspecified atom stereocenters. The fourth-order valence-corrected chi connectivity index (χ4v) is 1.89. The number of hydrogen-bond donors (Lipinski definition) is 2. The first-order valence-corrected chi connectivity index (χ1v) is 7.10. The second kappa shape index (κ2) is 9.50. The number of amides is 1. The monoisotopic (exact) mass is 279 g/mol. The van der Waals surface area contributed by atoms with Gasteiger partial charge in [-0.05, 0) is 40.4 Å². The number of allylic oxidation sites excluding steroid dienone is 4. The van der Waals surface area contributed by atoms with Crippen LogP contribution in [0.15, 0.2) is 36.6 Å². The van der Waals surface area contributed by atoms with Crippen molar-refractivity contribution in [3.63, 3.8) is 0 Å². The van der Waals surface area contributed by atoms with Crippen molar-refractivity contribution in [1.29, 1.82) is 0 Å². The van der Waals surface area contributed by atoms with Crippen molar-refractivity contribution < 1.29 is 4.79 Å². The number of nitrogens with one attached hydrogen (secondary N) is 2. The zero-order valence-corrected chi connectivity index (χ0v) is 13.5. The van der Waals surface area contributed by atoms with E-state index in [0.717, 1.165) is 25.3 Å². The van der Waals surface area contributed by atoms with Gasteiger partial charge in [-0.15, -0.1) is 0 Å². The highest BCUT2D eigenvalue weighted by atomic mass is 16.2. The Bertz CT molecular complexity index is 370. The van der Waals surface area contributed by atoms with Gasteiger partial charge in [0.2, 0.25) is 5.91 Å². The summed E-state index contributed by atoms with van der Waals surface area (Å²) in [5, 5.41) is 6.07. The summed E-state index contributed by atoms with van der Waals surface area (Å²) in [6.07, 6.45) is 7.20. The van der Waals surface area contributed by atoms with Gasteiger partial charge in [0, 0.05) is 18.8 Å². The van der Waals surface area contributed by atoms with Crippen LogP contribution < -0.4 is 10.6 Å². The normalized spacial score (nSPS) is 13.0. The third-order valence-corrected chi connectivity index (χ3v) is 3.34. The highest BCUT2D eigenvalue weighted by Crippen LogP contribution is 2.14. The Hall–Kier alpha value is -1.39. The van der Waals surface area contributed by atoms with Crippen molar-refractivity contribution in [2.45, 2.75) is 33.2 Å². The maximum absolute atomic E-state index is 12.5. The summed E-state index contributed by atoms with van der Waals surface area (Å²) in [6.45, 7) is 14.0. The standard InChI is InChI=1S/C16H29N3O/c1-7-10-11-14(8-2)18-15(20)16(4,5)19(9-3)13-12-17-6/h7-8,10-11,17H,1,9,12-13H2,2-6H3,(H,18,20)/b11-10-,14-8+. The van der Waals surface area contributed by atoms with E-state index in [1.807, 2.05) is 40.0 Å². The highest BCUT2D eigenvalue weighted by molar-refractivity contribution is 5.87. The van der Waals surface area contributed by atoms with Crippen LogP contribution in [0.2, 0.25) is 0 Å². The maximum atomic E-state index is 12.5. The molecule has 0 aromatic rings. The van der Waals surface area contributed by atoms with Crippen LogP contribution in [0, 0.1) is 0 Å². The molecule has 0 spiro atoms. The van der Waals surface area contributed by atoms with Crippen LogP contribution in [-0.4, -0.2) is 43.0 Å². The minimum absolute atomic E-state index is 0.00253. The van der Waals surface area contributed by atoms with Crippen LogP contribution in [0.1, 0.15) is 27.7 Å². The van der Waals surface area contributed by atoms with Crippen molar-refractivity contribution in [2.24, 2.45) is 0 Å². The second-order valence-electron chi connectivity index (χ2n) is 5.04. The van der Waals surface area contributed by atoms with Crippen molar-refractivity contribution >= 4 is 5.91 Å². The van der Waals surface area contributed by atoms with Crippen LogP contribution in [-0.2, 0) is 4.79 Å². The van der Waals surface area contributed by atoms with Crippen LogP contribution in [0.4, 0.5) is 0 Å². The lowest BCUT2D eigenvalue weighted by molar-refractivity contribution is -0.130. The molecular formula is C16H29N3O.